The van der Waals surface area contributed by atoms with E-state index in [1.807, 2.05) is 0 Å². The normalized spacial score (nSPS) is 13.2. The number of esters is 2. The molecule has 0 fully saturated rings. The molecule has 8 nitrogen and oxygen atoms in total. The summed E-state index contributed by atoms with van der Waals surface area (Å²) in [4.78, 5) is 43.8. The number of hydrogen-bond donors (Lipinski definition) is 0. The second kappa shape index (κ2) is 13.0. The van der Waals surface area contributed by atoms with Gasteiger partial charge in [-0.25, -0.2) is 0 Å². The van der Waals surface area contributed by atoms with Crippen LogP contribution in [0, 0.1) is 11.3 Å². The van der Waals surface area contributed by atoms with Gasteiger partial charge in [-0.3, -0.25) is 9.59 Å². The van der Waals surface area contributed by atoms with Crippen LogP contribution >= 0.6 is 7.82 Å². The molecule has 1 atom stereocenters. The first-order valence-corrected chi connectivity index (χ1v) is 7.98. The first kappa shape index (κ1) is 29.5. The largest absolute Gasteiger partial charge is 1.00 e. The molecule has 0 aliphatic rings. The van der Waals surface area contributed by atoms with Crippen LogP contribution < -0.4 is 68.9 Å². The molecule has 0 spiro atoms. The maximum absolute atomic E-state index is 11.8. The van der Waals surface area contributed by atoms with Crippen LogP contribution in [0.5, 0.6) is 0 Å². The molecular weight excluding hydrogens is 361 g/mol. The zero-order valence-corrected chi connectivity index (χ0v) is 20.2. The molecule has 0 heterocycles. The Hall–Kier alpha value is 0.790. The minimum Gasteiger partial charge on any atom is -0.790 e. The molecule has 1 unspecified atom stereocenters. The van der Waals surface area contributed by atoms with Gasteiger partial charge < -0.3 is 28.3 Å². The Morgan fingerprint density at radius 3 is 2.12 bits per heavy atom. The van der Waals surface area contributed by atoms with E-state index in [4.69, 9.17) is 4.74 Å². The average Bonchev–Trinajstić information content (AvgIpc) is 2.39. The molecule has 0 amide bonds. The molecule has 24 heavy (non-hydrogen) atoms. The third kappa shape index (κ3) is 12.2. The Bertz CT molecular complexity index is 486. The Balaban J connectivity index is -0.00000220. The molecule has 0 aromatic heterocycles. The minimum absolute atomic E-state index is 0. The van der Waals surface area contributed by atoms with Crippen LogP contribution in [0.25, 0.3) is 0 Å². The van der Waals surface area contributed by atoms with E-state index in [9.17, 15) is 23.9 Å². The second-order valence-electron chi connectivity index (χ2n) is 5.27. The van der Waals surface area contributed by atoms with Crippen molar-refractivity contribution in [2.75, 3.05) is 20.3 Å². The Kier molecular flexibility index (Phi) is 16.0. The molecule has 0 saturated carbocycles. The Morgan fingerprint density at radius 1 is 1.21 bits per heavy atom. The summed E-state index contributed by atoms with van der Waals surface area (Å²) in [6.07, 6.45) is 1.60. The van der Waals surface area contributed by atoms with Crippen LogP contribution in [0.4, 0.5) is 0 Å². The van der Waals surface area contributed by atoms with E-state index in [1.165, 1.54) is 7.11 Å². The van der Waals surface area contributed by atoms with Gasteiger partial charge in [-0.15, -0.1) is 0 Å². The molecule has 0 radical (unpaired) electrons. The zero-order chi connectivity index (χ0) is 17.6. The fourth-order valence-electron chi connectivity index (χ4n) is 1.62. The molecular formula is C13H21Na2O8P. The summed E-state index contributed by atoms with van der Waals surface area (Å²) >= 11 is 0. The van der Waals surface area contributed by atoms with Crippen LogP contribution in [-0.2, 0) is 28.2 Å². The molecule has 0 aliphatic heterocycles. The van der Waals surface area contributed by atoms with Gasteiger partial charge in [0.05, 0.1) is 32.9 Å². The number of carbonyl (C=O) groups excluding carboxylic acids is 2. The summed E-state index contributed by atoms with van der Waals surface area (Å²) in [6, 6.07) is 0. The standard InChI is InChI=1S/C13H23O8P.2Na/c1-9(8-13(3,4)12(15)19-5)10(2)11(14)20-6-7-21-22(16,17)18;;/h8,10H,6-7H2,1-5H3,(H2,16,17,18);;/q;2*+1/p-2. The van der Waals surface area contributed by atoms with Crippen molar-refractivity contribution in [1.29, 1.82) is 0 Å². The van der Waals surface area contributed by atoms with Crippen molar-refractivity contribution in [2.45, 2.75) is 27.7 Å². The molecule has 0 N–H and O–H groups in total. The van der Waals surface area contributed by atoms with E-state index in [-0.39, 0.29) is 65.7 Å². The van der Waals surface area contributed by atoms with Gasteiger partial charge in [0.2, 0.25) is 0 Å². The van der Waals surface area contributed by atoms with Gasteiger partial charge in [0.15, 0.2) is 0 Å². The number of phosphoric acid groups is 1. The van der Waals surface area contributed by atoms with Crippen molar-refractivity contribution < 1.29 is 97.1 Å². The molecule has 0 aromatic carbocycles. The van der Waals surface area contributed by atoms with E-state index in [0.29, 0.717) is 5.57 Å². The summed E-state index contributed by atoms with van der Waals surface area (Å²) in [7, 11) is -3.79. The van der Waals surface area contributed by atoms with E-state index < -0.39 is 37.7 Å². The topological polar surface area (TPSA) is 125 Å². The maximum atomic E-state index is 11.8. The van der Waals surface area contributed by atoms with Gasteiger partial charge in [0.1, 0.15) is 6.61 Å². The van der Waals surface area contributed by atoms with Crippen molar-refractivity contribution in [1.82, 2.24) is 0 Å². The average molecular weight is 382 g/mol. The summed E-state index contributed by atoms with van der Waals surface area (Å²) in [5.41, 5.74) is -0.298. The van der Waals surface area contributed by atoms with Crippen LogP contribution in [0.1, 0.15) is 27.7 Å². The predicted octanol–water partition coefficient (Wildman–Crippen LogP) is -5.84. The van der Waals surface area contributed by atoms with Gasteiger partial charge in [0, 0.05) is 0 Å². The summed E-state index contributed by atoms with van der Waals surface area (Å²) in [6.45, 7) is 5.65. The number of hydrogen-bond acceptors (Lipinski definition) is 8. The second-order valence-corrected chi connectivity index (χ2v) is 6.42. The first-order chi connectivity index (χ1) is 9.90. The van der Waals surface area contributed by atoms with E-state index in [1.54, 1.807) is 33.8 Å². The maximum Gasteiger partial charge on any atom is 1.00 e. The van der Waals surface area contributed by atoms with E-state index >= 15 is 0 Å². The van der Waals surface area contributed by atoms with E-state index in [0.717, 1.165) is 0 Å². The fourth-order valence-corrected chi connectivity index (χ4v) is 1.92. The molecule has 0 rings (SSSR count). The summed E-state index contributed by atoms with van der Waals surface area (Å²) in [5, 5.41) is 0. The smallest absolute Gasteiger partial charge is 0.790 e. The van der Waals surface area contributed by atoms with Crippen LogP contribution in [-0.4, -0.2) is 32.3 Å². The summed E-state index contributed by atoms with van der Waals surface area (Å²) < 4.78 is 23.6. The number of rotatable bonds is 8. The third-order valence-corrected chi connectivity index (χ3v) is 3.41. The van der Waals surface area contributed by atoms with Crippen LogP contribution in [0.3, 0.4) is 0 Å². The molecule has 11 heteroatoms. The molecule has 0 aliphatic carbocycles. The van der Waals surface area contributed by atoms with E-state index in [2.05, 4.69) is 9.26 Å². The molecule has 0 bridgehead atoms. The van der Waals surface area contributed by atoms with Crippen molar-refractivity contribution in [3.8, 4) is 0 Å². The van der Waals surface area contributed by atoms with Gasteiger partial charge in [-0.05, 0) is 27.7 Å². The van der Waals surface area contributed by atoms with Crippen molar-refractivity contribution >= 4 is 19.8 Å². The molecule has 0 saturated heterocycles. The predicted molar refractivity (Wildman–Crippen MR) is 73.2 cm³/mol. The number of ether oxygens (including phenoxy) is 2. The fraction of sp³-hybridized carbons (Fsp3) is 0.692. The zero-order valence-electron chi connectivity index (χ0n) is 15.3. The Labute approximate surface area is 186 Å². The van der Waals surface area contributed by atoms with Gasteiger partial charge >= 0.3 is 71.1 Å². The Morgan fingerprint density at radius 2 is 1.71 bits per heavy atom. The van der Waals surface area contributed by atoms with Crippen LogP contribution in [0.15, 0.2) is 11.6 Å². The molecule has 128 valence electrons. The number of methoxy groups -OCH3 is 1. The summed E-state index contributed by atoms with van der Waals surface area (Å²) in [5.74, 6) is -1.71. The first-order valence-electron chi connectivity index (χ1n) is 6.51. The third-order valence-electron chi connectivity index (χ3n) is 2.91. The van der Waals surface area contributed by atoms with Crippen LogP contribution in [0.2, 0.25) is 0 Å². The van der Waals surface area contributed by atoms with Gasteiger partial charge in [-0.1, -0.05) is 11.6 Å². The SMILES string of the molecule is COC(=O)C(C)(C)C=C(C)C(C)C(=O)OCCOP(=O)([O-])[O-].[Na+].[Na+]. The van der Waals surface area contributed by atoms with Gasteiger partial charge in [-0.2, -0.15) is 0 Å². The van der Waals surface area contributed by atoms with Crippen molar-refractivity contribution in [3.63, 3.8) is 0 Å². The number of phosphoric ester groups is 1. The molecule has 0 aromatic rings. The minimum atomic E-state index is -5.07. The quantitative estimate of drug-likeness (QED) is 0.134. The van der Waals surface area contributed by atoms with Crippen molar-refractivity contribution in [2.24, 2.45) is 11.3 Å². The monoisotopic (exact) mass is 382 g/mol. The van der Waals surface area contributed by atoms with Crippen molar-refractivity contribution in [3.05, 3.63) is 11.6 Å². The number of carbonyl (C=O) groups is 2. The van der Waals surface area contributed by atoms with Gasteiger partial charge in [0.25, 0.3) is 0 Å².